The van der Waals surface area contributed by atoms with Crippen molar-refractivity contribution < 1.29 is 18.0 Å². The third-order valence-corrected chi connectivity index (χ3v) is 7.88. The van der Waals surface area contributed by atoms with Crippen LogP contribution in [0.25, 0.3) is 0 Å². The van der Waals surface area contributed by atoms with E-state index >= 15 is 0 Å². The van der Waals surface area contributed by atoms with Crippen molar-refractivity contribution in [1.82, 2.24) is 14.5 Å². The van der Waals surface area contributed by atoms with Crippen LogP contribution >= 0.6 is 23.2 Å². The van der Waals surface area contributed by atoms with E-state index in [9.17, 15) is 18.0 Å². The summed E-state index contributed by atoms with van der Waals surface area (Å²) < 4.78 is 26.6. The first-order valence-electron chi connectivity index (χ1n) is 11.0. The van der Waals surface area contributed by atoms with Crippen LogP contribution in [0.2, 0.25) is 10.0 Å². The molecule has 2 amide bonds. The van der Waals surface area contributed by atoms with Gasteiger partial charge in [-0.25, -0.2) is 12.7 Å². The molecule has 1 N–H and O–H groups in total. The van der Waals surface area contributed by atoms with Gasteiger partial charge >= 0.3 is 0 Å². The number of benzene rings is 2. The number of rotatable bonds is 11. The molecule has 34 heavy (non-hydrogen) atoms. The minimum Gasteiger partial charge on any atom is -0.352 e. The van der Waals surface area contributed by atoms with Gasteiger partial charge in [0, 0.05) is 48.2 Å². The zero-order valence-electron chi connectivity index (χ0n) is 19.8. The van der Waals surface area contributed by atoms with Crippen molar-refractivity contribution in [3.8, 4) is 0 Å². The van der Waals surface area contributed by atoms with E-state index < -0.39 is 16.1 Å². The first kappa shape index (κ1) is 28.1. The standard InChI is InChI=1S/C24H31Cl2N3O4S/c1-17(2)27-24(31)18(3)29(16-20-21(25)12-8-13-22(20)26)23(30)14-9-15-28(4)34(32,33)19-10-6-5-7-11-19/h5-8,10-13,17-18H,9,14-16H2,1-4H3,(H,27,31). The number of carbonyl (C=O) groups excluding carboxylic acids is 2. The number of hydrogen-bond acceptors (Lipinski definition) is 4. The minimum absolute atomic E-state index is 0.0516. The van der Waals surface area contributed by atoms with Crippen LogP contribution in [-0.4, -0.2) is 55.1 Å². The molecule has 0 aromatic heterocycles. The molecule has 0 bridgehead atoms. The fourth-order valence-electron chi connectivity index (χ4n) is 3.33. The van der Waals surface area contributed by atoms with Crippen molar-refractivity contribution in [3.05, 3.63) is 64.1 Å². The molecule has 1 unspecified atom stereocenters. The van der Waals surface area contributed by atoms with Crippen LogP contribution in [0.15, 0.2) is 53.4 Å². The number of nitrogens with zero attached hydrogens (tertiary/aromatic N) is 2. The highest BCUT2D eigenvalue weighted by atomic mass is 35.5. The predicted octanol–water partition coefficient (Wildman–Crippen LogP) is 4.34. The molecule has 0 saturated heterocycles. The minimum atomic E-state index is -3.65. The zero-order chi connectivity index (χ0) is 25.5. The highest BCUT2D eigenvalue weighted by Crippen LogP contribution is 2.27. The van der Waals surface area contributed by atoms with E-state index in [1.54, 1.807) is 43.3 Å². The second-order valence-corrected chi connectivity index (χ2v) is 11.2. The Balaban J connectivity index is 2.14. The molecule has 0 fully saturated rings. The van der Waals surface area contributed by atoms with Gasteiger partial charge in [0.2, 0.25) is 21.8 Å². The number of halogens is 2. The van der Waals surface area contributed by atoms with Gasteiger partial charge in [-0.15, -0.1) is 0 Å². The lowest BCUT2D eigenvalue weighted by Gasteiger charge is -2.30. The molecular weight excluding hydrogens is 497 g/mol. The van der Waals surface area contributed by atoms with Crippen LogP contribution in [0.5, 0.6) is 0 Å². The fraction of sp³-hybridized carbons (Fsp3) is 0.417. The van der Waals surface area contributed by atoms with Crippen LogP contribution in [0.1, 0.15) is 39.2 Å². The molecule has 1 atom stereocenters. The number of carbonyl (C=O) groups is 2. The molecule has 0 saturated carbocycles. The van der Waals surface area contributed by atoms with Crippen molar-refractivity contribution in [2.24, 2.45) is 0 Å². The third kappa shape index (κ3) is 7.43. The Hall–Kier alpha value is -2.13. The monoisotopic (exact) mass is 527 g/mol. The Kier molecular flexibility index (Phi) is 10.4. The molecule has 2 aromatic carbocycles. The number of sulfonamides is 1. The number of hydrogen-bond donors (Lipinski definition) is 1. The van der Waals surface area contributed by atoms with Crippen molar-refractivity contribution in [2.45, 2.75) is 57.1 Å². The van der Waals surface area contributed by atoms with E-state index in [0.29, 0.717) is 15.6 Å². The van der Waals surface area contributed by atoms with Gasteiger partial charge in [0.1, 0.15) is 6.04 Å². The average molecular weight is 529 g/mol. The van der Waals surface area contributed by atoms with E-state index in [1.165, 1.54) is 28.4 Å². The summed E-state index contributed by atoms with van der Waals surface area (Å²) >= 11 is 12.6. The maximum absolute atomic E-state index is 13.2. The lowest BCUT2D eigenvalue weighted by atomic mass is 10.1. The van der Waals surface area contributed by atoms with Gasteiger partial charge in [-0.3, -0.25) is 9.59 Å². The molecule has 0 radical (unpaired) electrons. The molecule has 10 heteroatoms. The molecule has 186 valence electrons. The van der Waals surface area contributed by atoms with Gasteiger partial charge in [0.15, 0.2) is 0 Å². The van der Waals surface area contributed by atoms with Crippen LogP contribution in [-0.2, 0) is 26.2 Å². The molecule has 0 aliphatic heterocycles. The topological polar surface area (TPSA) is 86.8 Å². The molecule has 0 aliphatic carbocycles. The van der Waals surface area contributed by atoms with Crippen molar-refractivity contribution >= 4 is 45.0 Å². The zero-order valence-corrected chi connectivity index (χ0v) is 22.1. The summed E-state index contributed by atoms with van der Waals surface area (Å²) in [5, 5.41) is 3.62. The third-order valence-electron chi connectivity index (χ3n) is 5.30. The normalized spacial score (nSPS) is 12.6. The molecule has 2 aromatic rings. The van der Waals surface area contributed by atoms with E-state index in [1.807, 2.05) is 13.8 Å². The molecular formula is C24H31Cl2N3O4S. The van der Waals surface area contributed by atoms with Crippen LogP contribution in [0, 0.1) is 0 Å². The van der Waals surface area contributed by atoms with E-state index in [4.69, 9.17) is 23.2 Å². The van der Waals surface area contributed by atoms with Crippen molar-refractivity contribution in [1.29, 1.82) is 0 Å². The smallest absolute Gasteiger partial charge is 0.242 e. The highest BCUT2D eigenvalue weighted by molar-refractivity contribution is 7.89. The molecule has 0 heterocycles. The van der Waals surface area contributed by atoms with Gasteiger partial charge in [0.25, 0.3) is 0 Å². The van der Waals surface area contributed by atoms with Gasteiger partial charge < -0.3 is 10.2 Å². The first-order chi connectivity index (χ1) is 15.9. The molecule has 0 spiro atoms. The summed E-state index contributed by atoms with van der Waals surface area (Å²) in [6, 6.07) is 12.3. The van der Waals surface area contributed by atoms with Gasteiger partial charge in [-0.2, -0.15) is 0 Å². The molecule has 7 nitrogen and oxygen atoms in total. The summed E-state index contributed by atoms with van der Waals surface area (Å²) in [5.74, 6) is -0.594. The molecule has 0 aliphatic rings. The van der Waals surface area contributed by atoms with Crippen LogP contribution in [0.3, 0.4) is 0 Å². The first-order valence-corrected chi connectivity index (χ1v) is 13.2. The lowest BCUT2D eigenvalue weighted by Crippen LogP contribution is -2.49. The maximum atomic E-state index is 13.2. The SMILES string of the molecule is CC(C)NC(=O)C(C)N(Cc1c(Cl)cccc1Cl)C(=O)CCCN(C)S(=O)(=O)c1ccccc1. The Morgan fingerprint density at radius 1 is 0.971 bits per heavy atom. The maximum Gasteiger partial charge on any atom is 0.242 e. The quantitative estimate of drug-likeness (QED) is 0.470. The van der Waals surface area contributed by atoms with Gasteiger partial charge in [-0.1, -0.05) is 47.5 Å². The number of amides is 2. The summed E-state index contributed by atoms with van der Waals surface area (Å²) in [5.41, 5.74) is 0.548. The van der Waals surface area contributed by atoms with Crippen molar-refractivity contribution in [2.75, 3.05) is 13.6 Å². The second-order valence-electron chi connectivity index (χ2n) is 8.30. The summed E-state index contributed by atoms with van der Waals surface area (Å²) in [6.45, 7) is 5.53. The lowest BCUT2D eigenvalue weighted by molar-refractivity contribution is -0.140. The van der Waals surface area contributed by atoms with E-state index in [2.05, 4.69) is 5.32 Å². The average Bonchev–Trinajstić information content (AvgIpc) is 2.78. The van der Waals surface area contributed by atoms with Crippen LogP contribution in [0.4, 0.5) is 0 Å². The summed E-state index contributed by atoms with van der Waals surface area (Å²) in [6.07, 6.45) is 0.336. The van der Waals surface area contributed by atoms with E-state index in [-0.39, 0.29) is 48.7 Å². The predicted molar refractivity (Wildman–Crippen MR) is 135 cm³/mol. The van der Waals surface area contributed by atoms with E-state index in [0.717, 1.165) is 0 Å². The summed E-state index contributed by atoms with van der Waals surface area (Å²) in [7, 11) is -2.17. The summed E-state index contributed by atoms with van der Waals surface area (Å²) in [4.78, 5) is 27.5. The Morgan fingerprint density at radius 2 is 1.56 bits per heavy atom. The van der Waals surface area contributed by atoms with Crippen LogP contribution < -0.4 is 5.32 Å². The number of nitrogens with one attached hydrogen (secondary N) is 1. The van der Waals surface area contributed by atoms with Gasteiger partial charge in [-0.05, 0) is 51.5 Å². The van der Waals surface area contributed by atoms with Crippen molar-refractivity contribution in [3.63, 3.8) is 0 Å². The van der Waals surface area contributed by atoms with Gasteiger partial charge in [0.05, 0.1) is 4.90 Å². The highest BCUT2D eigenvalue weighted by Gasteiger charge is 2.28. The Labute approximate surface area is 212 Å². The molecule has 2 rings (SSSR count). The second kappa shape index (κ2) is 12.5. The largest absolute Gasteiger partial charge is 0.352 e. The Morgan fingerprint density at radius 3 is 2.12 bits per heavy atom. The Bertz CT molecular complexity index is 1070. The fourth-order valence-corrected chi connectivity index (χ4v) is 5.08.